The normalized spacial score (nSPS) is 19.4. The van der Waals surface area contributed by atoms with Crippen LogP contribution in [0.25, 0.3) is 0 Å². The molecule has 1 amide bonds. The van der Waals surface area contributed by atoms with Gasteiger partial charge < -0.3 is 10.1 Å². The van der Waals surface area contributed by atoms with Crippen LogP contribution < -0.4 is 5.32 Å². The number of carbonyl (C=O) groups is 3. The van der Waals surface area contributed by atoms with Crippen molar-refractivity contribution in [3.05, 3.63) is 0 Å². The second-order valence-electron chi connectivity index (χ2n) is 7.70. The zero-order valence-corrected chi connectivity index (χ0v) is 16.8. The lowest BCUT2D eigenvalue weighted by atomic mass is 10.0. The Balaban J connectivity index is 1.68. The molecule has 2 aliphatic rings. The first-order chi connectivity index (χ1) is 12.6. The van der Waals surface area contributed by atoms with Crippen molar-refractivity contribution < 1.29 is 19.1 Å². The summed E-state index contributed by atoms with van der Waals surface area (Å²) < 4.78 is 4.79. The number of thioether (sulfide) groups is 1. The standard InChI is InChI=1S/C20H33NO4S/c1-25-20(24)17(21-18(22)12-10-15-6-2-3-7-15)14-26-19(23)13-11-16-8-4-5-9-16/h15-17H,2-14H2,1H3,(H,21,22)/t17-/m0/s1. The number of carbonyl (C=O) groups excluding carboxylic acids is 3. The number of methoxy groups -OCH3 is 1. The van der Waals surface area contributed by atoms with E-state index in [4.69, 9.17) is 4.74 Å². The summed E-state index contributed by atoms with van der Waals surface area (Å²) >= 11 is 1.14. The largest absolute Gasteiger partial charge is 0.467 e. The summed E-state index contributed by atoms with van der Waals surface area (Å²) in [5.74, 6) is 0.988. The molecule has 26 heavy (non-hydrogen) atoms. The van der Waals surface area contributed by atoms with E-state index in [-0.39, 0.29) is 16.8 Å². The highest BCUT2D eigenvalue weighted by Crippen LogP contribution is 2.30. The predicted octanol–water partition coefficient (Wildman–Crippen LogP) is 3.84. The Morgan fingerprint density at radius 3 is 2.04 bits per heavy atom. The van der Waals surface area contributed by atoms with Crippen molar-refractivity contribution in [2.45, 2.75) is 83.1 Å². The smallest absolute Gasteiger partial charge is 0.329 e. The molecule has 1 atom stereocenters. The van der Waals surface area contributed by atoms with E-state index in [1.807, 2.05) is 0 Å². The summed E-state index contributed by atoms with van der Waals surface area (Å²) in [6.07, 6.45) is 12.8. The number of hydrogen-bond donors (Lipinski definition) is 1. The number of ether oxygens (including phenoxy) is 1. The molecule has 0 radical (unpaired) electrons. The van der Waals surface area contributed by atoms with E-state index in [0.29, 0.717) is 24.7 Å². The molecule has 6 heteroatoms. The van der Waals surface area contributed by atoms with Crippen molar-refractivity contribution in [3.63, 3.8) is 0 Å². The van der Waals surface area contributed by atoms with E-state index in [2.05, 4.69) is 5.32 Å². The minimum absolute atomic E-state index is 0.103. The molecule has 0 unspecified atom stereocenters. The van der Waals surface area contributed by atoms with Crippen LogP contribution in [0.4, 0.5) is 0 Å². The van der Waals surface area contributed by atoms with Crippen molar-refractivity contribution in [2.75, 3.05) is 12.9 Å². The van der Waals surface area contributed by atoms with Crippen molar-refractivity contribution >= 4 is 28.8 Å². The Morgan fingerprint density at radius 2 is 1.50 bits per heavy atom. The molecular weight excluding hydrogens is 350 g/mol. The predicted molar refractivity (Wildman–Crippen MR) is 104 cm³/mol. The fraction of sp³-hybridized carbons (Fsp3) is 0.850. The van der Waals surface area contributed by atoms with Crippen LogP contribution in [0.15, 0.2) is 0 Å². The van der Waals surface area contributed by atoms with E-state index < -0.39 is 12.0 Å². The first-order valence-corrected chi connectivity index (χ1v) is 11.1. The Kier molecular flexibility index (Phi) is 9.51. The molecule has 1 N–H and O–H groups in total. The molecule has 2 saturated carbocycles. The van der Waals surface area contributed by atoms with Crippen LogP contribution in [0.5, 0.6) is 0 Å². The van der Waals surface area contributed by atoms with Gasteiger partial charge in [-0.15, -0.1) is 0 Å². The second kappa shape index (κ2) is 11.6. The summed E-state index contributed by atoms with van der Waals surface area (Å²) in [5.41, 5.74) is 0. The van der Waals surface area contributed by atoms with E-state index >= 15 is 0 Å². The molecule has 0 spiro atoms. The van der Waals surface area contributed by atoms with Gasteiger partial charge in [0.2, 0.25) is 5.91 Å². The average molecular weight is 384 g/mol. The maximum absolute atomic E-state index is 12.2. The van der Waals surface area contributed by atoms with E-state index in [9.17, 15) is 14.4 Å². The molecule has 0 bridgehead atoms. The summed E-state index contributed by atoms with van der Waals surface area (Å²) in [6, 6.07) is -0.739. The molecule has 2 aliphatic carbocycles. The molecule has 5 nitrogen and oxygen atoms in total. The van der Waals surface area contributed by atoms with Gasteiger partial charge in [0.05, 0.1) is 7.11 Å². The number of esters is 1. The van der Waals surface area contributed by atoms with Crippen molar-refractivity contribution in [1.82, 2.24) is 5.32 Å². The molecule has 0 aromatic rings. The highest BCUT2D eigenvalue weighted by Gasteiger charge is 2.24. The van der Waals surface area contributed by atoms with Gasteiger partial charge in [0.25, 0.3) is 0 Å². The molecule has 148 valence electrons. The van der Waals surface area contributed by atoms with E-state index in [1.165, 1.54) is 58.5 Å². The third-order valence-corrected chi connectivity index (χ3v) is 6.74. The fourth-order valence-corrected chi connectivity index (χ4v) is 4.92. The minimum Gasteiger partial charge on any atom is -0.467 e. The van der Waals surface area contributed by atoms with Gasteiger partial charge in [0.15, 0.2) is 5.12 Å². The Morgan fingerprint density at radius 1 is 0.962 bits per heavy atom. The highest BCUT2D eigenvalue weighted by molar-refractivity contribution is 8.13. The van der Waals surface area contributed by atoms with Crippen LogP contribution in [-0.4, -0.2) is 35.9 Å². The van der Waals surface area contributed by atoms with Gasteiger partial charge in [-0.1, -0.05) is 63.1 Å². The quantitative estimate of drug-likeness (QED) is 0.580. The number of hydrogen-bond acceptors (Lipinski definition) is 5. The summed E-state index contributed by atoms with van der Waals surface area (Å²) in [7, 11) is 1.31. The molecule has 0 aliphatic heterocycles. The van der Waals surface area contributed by atoms with Gasteiger partial charge in [-0.3, -0.25) is 9.59 Å². The number of nitrogens with one attached hydrogen (secondary N) is 1. The van der Waals surface area contributed by atoms with Crippen LogP contribution >= 0.6 is 11.8 Å². The van der Waals surface area contributed by atoms with Gasteiger partial charge in [-0.2, -0.15) is 0 Å². The third-order valence-electron chi connectivity index (χ3n) is 5.72. The molecule has 2 fully saturated rings. The number of rotatable bonds is 10. The first kappa shape index (κ1) is 21.3. The lowest BCUT2D eigenvalue weighted by molar-refractivity contribution is -0.144. The van der Waals surface area contributed by atoms with Crippen molar-refractivity contribution in [3.8, 4) is 0 Å². The summed E-state index contributed by atoms with van der Waals surface area (Å²) in [5, 5.41) is 2.86. The Labute approximate surface area is 161 Å². The Hall–Kier alpha value is -1.04. The van der Waals surface area contributed by atoms with Crippen molar-refractivity contribution in [1.29, 1.82) is 0 Å². The van der Waals surface area contributed by atoms with Gasteiger partial charge in [0, 0.05) is 18.6 Å². The zero-order valence-electron chi connectivity index (χ0n) is 16.0. The van der Waals surface area contributed by atoms with Gasteiger partial charge in [-0.25, -0.2) is 4.79 Å². The minimum atomic E-state index is -0.739. The van der Waals surface area contributed by atoms with Gasteiger partial charge in [-0.05, 0) is 24.7 Å². The molecule has 0 saturated heterocycles. The second-order valence-corrected chi connectivity index (χ2v) is 8.78. The van der Waals surface area contributed by atoms with Crippen LogP contribution in [0.1, 0.15) is 77.0 Å². The lowest BCUT2D eigenvalue weighted by Crippen LogP contribution is -2.43. The average Bonchev–Trinajstić information content (AvgIpc) is 3.34. The van der Waals surface area contributed by atoms with E-state index in [1.54, 1.807) is 0 Å². The lowest BCUT2D eigenvalue weighted by Gasteiger charge is -2.17. The van der Waals surface area contributed by atoms with Crippen LogP contribution in [0.3, 0.4) is 0 Å². The first-order valence-electron chi connectivity index (χ1n) is 10.1. The molecular formula is C20H33NO4S. The summed E-state index contributed by atoms with van der Waals surface area (Å²) in [4.78, 5) is 36.2. The third kappa shape index (κ3) is 7.68. The molecule has 0 heterocycles. The maximum Gasteiger partial charge on any atom is 0.329 e. The van der Waals surface area contributed by atoms with Crippen molar-refractivity contribution in [2.24, 2.45) is 11.8 Å². The van der Waals surface area contributed by atoms with Gasteiger partial charge in [0.1, 0.15) is 6.04 Å². The molecule has 0 aromatic heterocycles. The molecule has 2 rings (SSSR count). The highest BCUT2D eigenvalue weighted by atomic mass is 32.2. The fourth-order valence-electron chi connectivity index (χ4n) is 4.08. The van der Waals surface area contributed by atoms with E-state index in [0.717, 1.165) is 24.6 Å². The van der Waals surface area contributed by atoms with Crippen LogP contribution in [-0.2, 0) is 19.1 Å². The topological polar surface area (TPSA) is 72.5 Å². The number of amides is 1. The molecule has 0 aromatic carbocycles. The van der Waals surface area contributed by atoms with Crippen LogP contribution in [0.2, 0.25) is 0 Å². The zero-order chi connectivity index (χ0) is 18.8. The SMILES string of the molecule is COC(=O)[C@H](CSC(=O)CCC1CCCC1)NC(=O)CCC1CCCC1. The maximum atomic E-state index is 12.2. The van der Waals surface area contributed by atoms with Crippen LogP contribution in [0, 0.1) is 11.8 Å². The monoisotopic (exact) mass is 383 g/mol. The summed E-state index contributed by atoms with van der Waals surface area (Å²) in [6.45, 7) is 0. The Bertz CT molecular complexity index is 470. The van der Waals surface area contributed by atoms with Gasteiger partial charge >= 0.3 is 5.97 Å².